The van der Waals surface area contributed by atoms with Gasteiger partial charge in [-0.2, -0.15) is 20.4 Å². The maximum Gasteiger partial charge on any atom is 0.407 e. The van der Waals surface area contributed by atoms with E-state index < -0.39 is 47.3 Å². The largest absolute Gasteiger partial charge is 0.489 e. The first-order chi connectivity index (χ1) is 64.0. The molecule has 0 bridgehead atoms. The highest BCUT2D eigenvalue weighted by Gasteiger charge is 2.35. The van der Waals surface area contributed by atoms with Crippen LogP contribution in [-0.4, -0.2) is 181 Å². The summed E-state index contributed by atoms with van der Waals surface area (Å²) in [5.41, 5.74) is 20.9. The van der Waals surface area contributed by atoms with Crippen molar-refractivity contribution in [3.63, 3.8) is 0 Å². The molecule has 0 fully saturated rings. The molecule has 0 saturated carbocycles. The van der Waals surface area contributed by atoms with E-state index in [1.165, 1.54) is 91.4 Å². The fourth-order valence-electron chi connectivity index (χ4n) is 15.6. The molecule has 0 radical (unpaired) electrons. The van der Waals surface area contributed by atoms with Crippen LogP contribution < -0.4 is 56.6 Å². The molecule has 12 heterocycles. The summed E-state index contributed by atoms with van der Waals surface area (Å²) in [4.78, 5) is 92.3. The molecule has 0 saturated heterocycles. The lowest BCUT2D eigenvalue weighted by Gasteiger charge is -2.20. The smallest absolute Gasteiger partial charge is 0.407 e. The second kappa shape index (κ2) is 42.6. The van der Waals surface area contributed by atoms with E-state index in [9.17, 15) is 51.4 Å². The van der Waals surface area contributed by atoms with Crippen LogP contribution in [0.4, 0.5) is 50.4 Å². The van der Waals surface area contributed by atoms with Crippen molar-refractivity contribution in [2.45, 2.75) is 201 Å². The van der Waals surface area contributed by atoms with E-state index in [0.717, 1.165) is 22.3 Å². The molecule has 8 atom stereocenters. The van der Waals surface area contributed by atoms with Crippen molar-refractivity contribution in [1.82, 2.24) is 69.0 Å². The summed E-state index contributed by atoms with van der Waals surface area (Å²) in [6.07, 6.45) is 15.2. The Hall–Kier alpha value is -14.8. The number of hydrogen-bond donors (Lipinski definition) is 8. The average Bonchev–Trinajstić information content (AvgIpc) is 1.62. The predicted octanol–water partition coefficient (Wildman–Crippen LogP) is 15.5. The van der Waals surface area contributed by atoms with Gasteiger partial charge in [-0.3, -0.25) is 0 Å². The number of carbonyl (C=O) groups is 6. The van der Waals surface area contributed by atoms with Crippen molar-refractivity contribution in [3.05, 3.63) is 223 Å². The Bertz CT molecular complexity index is 6370. The molecule has 42 heteroatoms. The van der Waals surface area contributed by atoms with Gasteiger partial charge in [0.25, 0.3) is 0 Å². The lowest BCUT2D eigenvalue weighted by molar-refractivity contribution is 0.0509. The van der Waals surface area contributed by atoms with Gasteiger partial charge in [0.1, 0.15) is 127 Å². The molecule has 12 aromatic rings. The van der Waals surface area contributed by atoms with Crippen LogP contribution in [0.5, 0.6) is 23.0 Å². The summed E-state index contributed by atoms with van der Waals surface area (Å²) in [7, 11) is 0. The molecule has 4 aromatic carbocycles. The number of amides is 2. The molecule has 9 N–H and O–H groups in total. The number of azide groups is 1. The van der Waals surface area contributed by atoms with Crippen molar-refractivity contribution in [2.75, 3.05) is 67.3 Å². The van der Waals surface area contributed by atoms with Crippen LogP contribution in [0.2, 0.25) is 0 Å². The Balaban J connectivity index is 0.000000152. The second-order valence-corrected chi connectivity index (χ2v) is 34.0. The lowest BCUT2D eigenvalue weighted by atomic mass is 10.0. The topological polar surface area (TPSA) is 473 Å². The van der Waals surface area contributed by atoms with Crippen LogP contribution in [0.25, 0.3) is 33.0 Å². The Morgan fingerprint density at radius 2 is 0.739 bits per heavy atom. The molecule has 38 nitrogen and oxygen atoms in total. The summed E-state index contributed by atoms with van der Waals surface area (Å²) in [5, 5.41) is 47.7. The Morgan fingerprint density at radius 3 is 1.01 bits per heavy atom. The lowest BCUT2D eigenvalue weighted by Crippen LogP contribution is -2.34. The highest BCUT2D eigenvalue weighted by molar-refractivity contribution is 5.97. The fourth-order valence-corrected chi connectivity index (χ4v) is 15.6. The van der Waals surface area contributed by atoms with Gasteiger partial charge < -0.3 is 85.4 Å². The maximum atomic E-state index is 14.5. The highest BCUT2D eigenvalue weighted by atomic mass is 19.1. The zero-order valence-corrected chi connectivity index (χ0v) is 76.1. The van der Waals surface area contributed by atoms with Crippen molar-refractivity contribution >= 4 is 81.9 Å². The minimum Gasteiger partial charge on any atom is -0.489 e. The van der Waals surface area contributed by atoms with Crippen molar-refractivity contribution in [2.24, 2.45) is 10.8 Å². The van der Waals surface area contributed by atoms with Gasteiger partial charge in [-0.05, 0) is 188 Å². The van der Waals surface area contributed by atoms with Gasteiger partial charge in [0.2, 0.25) is 0 Å². The van der Waals surface area contributed by atoms with Crippen LogP contribution in [-0.2, 0) is 49.4 Å². The number of carboxylic acid groups (broad SMARTS) is 1. The van der Waals surface area contributed by atoms with Gasteiger partial charge in [0.15, 0.2) is 22.6 Å². The minimum absolute atomic E-state index is 0.0147. The number of nitrogens with zero attached hydrogens (tertiary/aromatic N) is 15. The van der Waals surface area contributed by atoms with E-state index in [2.05, 4.69) is 82.3 Å². The van der Waals surface area contributed by atoms with Gasteiger partial charge in [-0.25, -0.2) is 84.3 Å². The van der Waals surface area contributed by atoms with Gasteiger partial charge >= 0.3 is 36.1 Å². The van der Waals surface area contributed by atoms with Crippen LogP contribution >= 0.6 is 0 Å². The maximum absolute atomic E-state index is 14.5. The van der Waals surface area contributed by atoms with Crippen LogP contribution in [0.1, 0.15) is 226 Å². The fraction of sp³-hybridized carbons (Fsp3) is 0.413. The van der Waals surface area contributed by atoms with Crippen molar-refractivity contribution < 1.29 is 94.1 Å². The van der Waals surface area contributed by atoms with E-state index in [-0.39, 0.29) is 120 Å². The molecule has 0 aliphatic carbocycles. The van der Waals surface area contributed by atoms with Gasteiger partial charge in [-0.1, -0.05) is 5.11 Å². The molecule has 0 spiro atoms. The van der Waals surface area contributed by atoms with Gasteiger partial charge in [-0.15, -0.1) is 0 Å². The Morgan fingerprint density at radius 1 is 0.463 bits per heavy atom. The number of rotatable bonds is 30. The number of halogens is 4. The molecule has 8 aromatic heterocycles. The average molecular weight is 1850 g/mol. The van der Waals surface area contributed by atoms with Crippen LogP contribution in [0, 0.1) is 23.3 Å². The number of aromatic carboxylic acids is 1. The van der Waals surface area contributed by atoms with Crippen molar-refractivity contribution in [1.29, 1.82) is 0 Å². The summed E-state index contributed by atoms with van der Waals surface area (Å²) in [6.45, 7) is 25.8. The Labute approximate surface area is 766 Å². The first-order valence-electron chi connectivity index (χ1n) is 43.8. The summed E-state index contributed by atoms with van der Waals surface area (Å²) >= 11 is 0. The van der Waals surface area contributed by atoms with E-state index in [1.807, 2.05) is 27.7 Å². The second-order valence-electron chi connectivity index (χ2n) is 34.0. The summed E-state index contributed by atoms with van der Waals surface area (Å²) in [5.74, 6) is 0.488. The van der Waals surface area contributed by atoms with E-state index in [0.29, 0.717) is 163 Å². The quantitative estimate of drug-likeness (QED) is 0.00517. The number of ether oxygens (including phenoxy) is 9. The Kier molecular flexibility index (Phi) is 30.7. The van der Waals surface area contributed by atoms with Crippen molar-refractivity contribution in [3.8, 4) is 23.0 Å². The molecule has 4 aliphatic rings. The van der Waals surface area contributed by atoms with E-state index in [1.54, 1.807) is 111 Å². The number of nitrogens with two attached hydrogens (primary N) is 1. The number of fused-ring (bicyclic) bond motifs is 8. The normalized spacial score (nSPS) is 15.8. The van der Waals surface area contributed by atoms with Gasteiger partial charge in [0.05, 0.1) is 68.8 Å². The third kappa shape index (κ3) is 24.1. The summed E-state index contributed by atoms with van der Waals surface area (Å²) in [6, 6.07) is 17.2. The number of carboxylic acids is 1. The zero-order valence-electron chi connectivity index (χ0n) is 76.1. The SMILES string of the molecule is CCOC(=O)c1cnn2ccc(N[C@H](C)c3cc(F)cc4c3OC(CCN)C4)nc12.CCOC(=O)c1cnn2ccc(N[C@H](C)c3cc(F)cc4c3OC(CCN=[N+]=[N-])C4)nc12.CCOC(=O)c1cnn2ccc(N[C@H](C)c3cc(F)cc4c3OC(CCNC(=O)OC(C)(C)C)C4)nc12.C[C@@H](Nc1ccn2ncc(C(=O)O)c2n1)c1cc(F)cc2c1OC(CCNC(=O)OC(C)(C)C)C2. The summed E-state index contributed by atoms with van der Waals surface area (Å²) < 4.78 is 113. The molecule has 2 amide bonds. The molecule has 16 rings (SSSR count). The molecule has 4 aliphatic heterocycles. The number of nitrogens with one attached hydrogen (secondary N) is 6. The van der Waals surface area contributed by atoms with Crippen LogP contribution in [0.3, 0.4) is 0 Å². The number of hydrogen-bond acceptors (Lipinski definition) is 29. The number of benzene rings is 4. The third-order valence-corrected chi connectivity index (χ3v) is 21.5. The number of carbonyl (C=O) groups excluding carboxylic acids is 5. The number of anilines is 4. The first kappa shape index (κ1) is 96.7. The first-order valence-corrected chi connectivity index (χ1v) is 43.8. The minimum atomic E-state index is -1.12. The van der Waals surface area contributed by atoms with E-state index >= 15 is 0 Å². The number of aromatic nitrogens is 12. The zero-order chi connectivity index (χ0) is 96.0. The molecule has 4 unspecified atom stereocenters. The standard InChI is InChI=1S/C26H32FN5O5.C24H28FN5O5.C21H22FN7O3.C21H24FN5O3/c1-6-35-24(33)20-14-29-32-10-8-21(31-23(20)32)30-15(2)19-13-17(27)11-16-12-18(36-22(16)19)7-9-28-25(34)37-26(3,4)5;1-13(28-19-6-8-30-21(29-19)18(12-27-30)22(31)32)17-11-15(25)9-14-10-16(34-20(14)17)5-7-26-23(33)35-24(2,3)4;1-3-31-21(30)17-11-25-29-7-5-18(27-20(17)29)26-12(2)16-10-14(22)8-13-9-15(32-19(13)16)4-6-24-28-23;1-3-29-21(28)17-11-24-27-7-5-18(26-20(17)27)25-12(2)16-10-14(22)8-13-9-15(4-6-23)30-19(13)16/h8,10-11,13-15,18H,6-7,9,12H2,1-5H3,(H,28,34)(H,30,31);6,8-9,11-13,16H,5,7,10H2,1-4H3,(H,26,33)(H,28,29)(H,31,32);5,7-8,10-12,15H,3-4,6,9H2,1-2H3,(H,26,27);5,7-8,10-12,15H,3-4,6,9,23H2,1-2H3,(H,25,26)/t15-,18?;13-,16?;2*12-,15?/m1111/s1. The van der Waals surface area contributed by atoms with Gasteiger partial charge in [0, 0.05) is 132 Å². The molecule has 708 valence electrons. The van der Waals surface area contributed by atoms with E-state index in [4.69, 9.17) is 53.9 Å². The molecular weight excluding hydrogens is 1750 g/mol. The molecule has 134 heavy (non-hydrogen) atoms. The highest BCUT2D eigenvalue weighted by Crippen LogP contribution is 2.44. The molecular formula is C92H106F4N22O16. The number of esters is 3. The number of alkyl carbamates (subject to hydrolysis) is 2. The predicted molar refractivity (Wildman–Crippen MR) is 483 cm³/mol. The third-order valence-electron chi connectivity index (χ3n) is 21.5. The van der Waals surface area contributed by atoms with Crippen LogP contribution in [0.15, 0.2) is 127 Å². The monoisotopic (exact) mass is 1850 g/mol.